The lowest BCUT2D eigenvalue weighted by molar-refractivity contribution is -0.141. The molecule has 0 aliphatic carbocycles. The normalized spacial score (nSPS) is 13.8. The first-order chi connectivity index (χ1) is 6.11. The van der Waals surface area contributed by atoms with Gasteiger partial charge in [-0.1, -0.05) is 13.3 Å². The van der Waals surface area contributed by atoms with E-state index in [0.717, 1.165) is 6.42 Å². The minimum atomic E-state index is -0.850. The first kappa shape index (κ1) is 11.7. The maximum absolute atomic E-state index is 10.7. The second kappa shape index (κ2) is 6.24. The predicted molar refractivity (Wildman–Crippen MR) is 49.6 cm³/mol. The number of carboxylic acid groups (broad SMARTS) is 1. The first-order valence-corrected chi connectivity index (χ1v) is 4.12. The molecule has 0 spiro atoms. The Morgan fingerprint density at radius 1 is 1.69 bits per heavy atom. The van der Waals surface area contributed by atoms with Gasteiger partial charge in [0.2, 0.25) is 0 Å². The van der Waals surface area contributed by atoms with Gasteiger partial charge >= 0.3 is 5.97 Å². The predicted octanol–water partition coefficient (Wildman–Crippen LogP) is -0.387. The van der Waals surface area contributed by atoms with Crippen molar-refractivity contribution in [3.63, 3.8) is 0 Å². The number of hydrazine groups is 1. The molecule has 13 heavy (non-hydrogen) atoms. The van der Waals surface area contributed by atoms with Crippen molar-refractivity contribution in [1.82, 2.24) is 5.53 Å². The van der Waals surface area contributed by atoms with Crippen LogP contribution in [0.1, 0.15) is 26.2 Å². The van der Waals surface area contributed by atoms with Crippen LogP contribution in [0.4, 0.5) is 0 Å². The topological polar surface area (TPSA) is 114 Å². The maximum atomic E-state index is 10.7. The molecule has 0 fully saturated rings. The molecule has 6 N–H and O–H groups in total. The molecule has 1 unspecified atom stereocenters. The highest BCUT2D eigenvalue weighted by molar-refractivity contribution is 5.84. The molecule has 76 valence electrons. The highest BCUT2D eigenvalue weighted by Crippen LogP contribution is 2.10. The van der Waals surface area contributed by atoms with E-state index in [4.69, 9.17) is 16.7 Å². The monoisotopic (exact) mass is 188 g/mol. The molecule has 0 rings (SSSR count). The van der Waals surface area contributed by atoms with Crippen LogP contribution in [0.15, 0.2) is 5.10 Å². The molecule has 0 radical (unpaired) electrons. The number of carbonyl (C=O) groups is 1. The Hall–Kier alpha value is -1.30. The minimum absolute atomic E-state index is 0.211. The zero-order chi connectivity index (χ0) is 10.3. The molecule has 0 saturated heterocycles. The van der Waals surface area contributed by atoms with Gasteiger partial charge < -0.3 is 10.8 Å². The molecule has 0 aromatic rings. The number of aliphatic carboxylic acids is 1. The van der Waals surface area contributed by atoms with Crippen molar-refractivity contribution in [1.29, 1.82) is 0 Å². The summed E-state index contributed by atoms with van der Waals surface area (Å²) in [6, 6.07) is 0. The highest BCUT2D eigenvalue weighted by Gasteiger charge is 2.17. The summed E-state index contributed by atoms with van der Waals surface area (Å²) in [4.78, 5) is 10.7. The molecule has 1 atom stereocenters. The van der Waals surface area contributed by atoms with E-state index in [2.05, 4.69) is 5.10 Å². The molecule has 0 heterocycles. The number of amidine groups is 1. The summed E-state index contributed by atoms with van der Waals surface area (Å²) in [5.74, 6) is 3.78. The van der Waals surface area contributed by atoms with E-state index in [1.54, 1.807) is 0 Å². The Balaban J connectivity index is 4.09. The lowest BCUT2D eigenvalue weighted by atomic mass is 10.00. The Labute approximate surface area is 76.9 Å². The SMILES string of the molecule is CCCC(C/C(N)=N/NN)C(=O)O. The van der Waals surface area contributed by atoms with E-state index in [-0.39, 0.29) is 12.3 Å². The zero-order valence-electron chi connectivity index (χ0n) is 7.66. The van der Waals surface area contributed by atoms with Gasteiger partial charge in [0.05, 0.1) is 5.92 Å². The van der Waals surface area contributed by atoms with Gasteiger partial charge in [-0.15, -0.1) is 0 Å². The van der Waals surface area contributed by atoms with Crippen LogP contribution in [0.3, 0.4) is 0 Å². The molecule has 6 nitrogen and oxygen atoms in total. The molecular weight excluding hydrogens is 172 g/mol. The van der Waals surface area contributed by atoms with Crippen LogP contribution in [-0.2, 0) is 4.79 Å². The third kappa shape index (κ3) is 5.02. The number of hydrazone groups is 1. The van der Waals surface area contributed by atoms with Crippen molar-refractivity contribution < 1.29 is 9.90 Å². The molecule has 0 aromatic carbocycles. The molecular formula is C7H16N4O2. The molecule has 0 aliphatic heterocycles. The van der Waals surface area contributed by atoms with Gasteiger partial charge in [-0.25, -0.2) is 11.4 Å². The summed E-state index contributed by atoms with van der Waals surface area (Å²) >= 11 is 0. The number of hydrogen-bond acceptors (Lipinski definition) is 4. The van der Waals surface area contributed by atoms with Gasteiger partial charge in [-0.2, -0.15) is 5.10 Å². The summed E-state index contributed by atoms with van der Waals surface area (Å²) in [5.41, 5.74) is 7.42. The number of nitrogens with zero attached hydrogens (tertiary/aromatic N) is 1. The number of carboxylic acids is 1. The quantitative estimate of drug-likeness (QED) is 0.196. The van der Waals surface area contributed by atoms with Gasteiger partial charge in [0.1, 0.15) is 5.84 Å². The Morgan fingerprint density at radius 3 is 2.69 bits per heavy atom. The lowest BCUT2D eigenvalue weighted by Crippen LogP contribution is -2.27. The highest BCUT2D eigenvalue weighted by atomic mass is 16.4. The van der Waals surface area contributed by atoms with E-state index in [0.29, 0.717) is 6.42 Å². The fourth-order valence-corrected chi connectivity index (χ4v) is 1.04. The van der Waals surface area contributed by atoms with Gasteiger partial charge in [-0.3, -0.25) is 4.79 Å². The third-order valence-corrected chi connectivity index (χ3v) is 1.65. The summed E-state index contributed by atoms with van der Waals surface area (Å²) in [5, 5.41) is 12.2. The van der Waals surface area contributed by atoms with Crippen molar-refractivity contribution in [3.05, 3.63) is 0 Å². The number of nitrogens with two attached hydrogens (primary N) is 2. The maximum Gasteiger partial charge on any atom is 0.306 e. The average Bonchev–Trinajstić information content (AvgIpc) is 2.04. The first-order valence-electron chi connectivity index (χ1n) is 4.12. The Kier molecular flexibility index (Phi) is 5.62. The van der Waals surface area contributed by atoms with Gasteiger partial charge in [0, 0.05) is 6.42 Å². The number of nitrogens with one attached hydrogen (secondary N) is 1. The summed E-state index contributed by atoms with van der Waals surface area (Å²) in [7, 11) is 0. The van der Waals surface area contributed by atoms with Crippen molar-refractivity contribution in [2.75, 3.05) is 0 Å². The lowest BCUT2D eigenvalue weighted by Gasteiger charge is -2.09. The van der Waals surface area contributed by atoms with Gasteiger partial charge in [0.25, 0.3) is 0 Å². The molecule has 0 bridgehead atoms. The molecule has 0 amide bonds. The van der Waals surface area contributed by atoms with Crippen molar-refractivity contribution in [3.8, 4) is 0 Å². The zero-order valence-corrected chi connectivity index (χ0v) is 7.66. The van der Waals surface area contributed by atoms with Crippen LogP contribution in [0, 0.1) is 5.92 Å². The van der Waals surface area contributed by atoms with E-state index < -0.39 is 11.9 Å². The largest absolute Gasteiger partial charge is 0.481 e. The third-order valence-electron chi connectivity index (χ3n) is 1.65. The van der Waals surface area contributed by atoms with Crippen LogP contribution in [-0.4, -0.2) is 16.9 Å². The van der Waals surface area contributed by atoms with Crippen LogP contribution >= 0.6 is 0 Å². The van der Waals surface area contributed by atoms with Crippen LogP contribution < -0.4 is 17.1 Å². The van der Waals surface area contributed by atoms with E-state index in [1.165, 1.54) is 0 Å². The summed E-state index contributed by atoms with van der Waals surface area (Å²) < 4.78 is 0. The average molecular weight is 188 g/mol. The Morgan fingerprint density at radius 2 is 2.31 bits per heavy atom. The van der Waals surface area contributed by atoms with Gasteiger partial charge in [-0.05, 0) is 6.42 Å². The molecule has 0 saturated carbocycles. The van der Waals surface area contributed by atoms with Gasteiger partial charge in [0.15, 0.2) is 0 Å². The number of hydrogen-bond donors (Lipinski definition) is 4. The summed E-state index contributed by atoms with van der Waals surface area (Å²) in [6.07, 6.45) is 1.63. The fourth-order valence-electron chi connectivity index (χ4n) is 1.04. The van der Waals surface area contributed by atoms with E-state index >= 15 is 0 Å². The number of rotatable bonds is 6. The second-order valence-corrected chi connectivity index (χ2v) is 2.76. The Bertz CT molecular complexity index is 193. The minimum Gasteiger partial charge on any atom is -0.481 e. The van der Waals surface area contributed by atoms with Crippen LogP contribution in [0.2, 0.25) is 0 Å². The second-order valence-electron chi connectivity index (χ2n) is 2.76. The van der Waals surface area contributed by atoms with Crippen molar-refractivity contribution in [2.24, 2.45) is 22.6 Å². The van der Waals surface area contributed by atoms with Crippen molar-refractivity contribution >= 4 is 11.8 Å². The van der Waals surface area contributed by atoms with Crippen LogP contribution in [0.25, 0.3) is 0 Å². The fraction of sp³-hybridized carbons (Fsp3) is 0.714. The van der Waals surface area contributed by atoms with E-state index in [9.17, 15) is 4.79 Å². The standard InChI is InChI=1S/C7H16N4O2/c1-2-3-5(7(12)13)4-6(8)10-11-9/h5,11H,2-4,9H2,1H3,(H2,8,10)(H,12,13). The molecule has 6 heteroatoms. The summed E-state index contributed by atoms with van der Waals surface area (Å²) in [6.45, 7) is 1.92. The van der Waals surface area contributed by atoms with E-state index in [1.807, 2.05) is 12.5 Å². The van der Waals surface area contributed by atoms with Crippen LogP contribution in [0.5, 0.6) is 0 Å². The molecule has 0 aliphatic rings. The van der Waals surface area contributed by atoms with Crippen molar-refractivity contribution in [2.45, 2.75) is 26.2 Å². The smallest absolute Gasteiger partial charge is 0.306 e. The molecule has 0 aromatic heterocycles.